The Morgan fingerprint density at radius 2 is 1.03 bits per heavy atom. The fraction of sp³-hybridized carbons (Fsp3) is 0.818. The van der Waals surface area contributed by atoms with E-state index in [9.17, 15) is 39.6 Å². The summed E-state index contributed by atoms with van der Waals surface area (Å²) in [5.41, 5.74) is 0. The van der Waals surface area contributed by atoms with E-state index >= 15 is 0 Å². The number of ether oxygens (including phenoxy) is 2. The Morgan fingerprint density at radius 3 is 1.29 bits per heavy atom. The van der Waals surface area contributed by atoms with Crippen molar-refractivity contribution >= 4 is 23.8 Å². The molecule has 0 aromatic rings. The number of carboxylic acids is 2. The van der Waals surface area contributed by atoms with Crippen LogP contribution in [-0.2, 0) is 28.7 Å². The Labute approximate surface area is 221 Å². The molecule has 0 bridgehead atoms. The Kier molecular flexibility index (Phi) is 19.2. The predicted octanol–water partition coefficient (Wildman–Crippen LogP) is -4.49. The minimum Gasteiger partial charge on any atom is -0.480 e. The summed E-state index contributed by atoms with van der Waals surface area (Å²) in [6.45, 7) is -1.84. The molecule has 16 nitrogen and oxygen atoms in total. The Bertz CT molecular complexity index is 656. The van der Waals surface area contributed by atoms with Crippen LogP contribution in [0, 0.1) is 0 Å². The van der Waals surface area contributed by atoms with Crippen LogP contribution < -0.4 is 10.6 Å². The van der Waals surface area contributed by atoms with E-state index in [0.717, 1.165) is 0 Å². The first kappa shape index (κ1) is 35.6. The summed E-state index contributed by atoms with van der Waals surface area (Å²) in [5, 5.41) is 60.8. The highest BCUT2D eigenvalue weighted by molar-refractivity contribution is 5.82. The van der Waals surface area contributed by atoms with E-state index in [-0.39, 0.29) is 52.4 Å². The quantitative estimate of drug-likeness (QED) is 0.0556. The van der Waals surface area contributed by atoms with E-state index in [1.54, 1.807) is 0 Å². The fourth-order valence-electron chi connectivity index (χ4n) is 3.56. The number of carbonyl (C=O) groups excluding carboxylic acids is 2. The summed E-state index contributed by atoms with van der Waals surface area (Å²) in [7, 11) is 2.74. The number of hydrogen-bond donors (Lipinski definition) is 8. The Hall–Kier alpha value is -2.44. The van der Waals surface area contributed by atoms with Crippen LogP contribution in [0.15, 0.2) is 0 Å². The molecule has 4 unspecified atom stereocenters. The second-order valence-electron chi connectivity index (χ2n) is 8.36. The molecule has 0 aromatic heterocycles. The van der Waals surface area contributed by atoms with Crippen LogP contribution in [0.3, 0.4) is 0 Å². The van der Waals surface area contributed by atoms with Crippen molar-refractivity contribution in [3.63, 3.8) is 0 Å². The van der Waals surface area contributed by atoms with Gasteiger partial charge >= 0.3 is 11.9 Å². The van der Waals surface area contributed by atoms with Gasteiger partial charge in [-0.3, -0.25) is 29.0 Å². The largest absolute Gasteiger partial charge is 0.480 e. The number of amides is 2. The number of aliphatic carboxylic acids is 2. The monoisotopic (exact) mass is 554 g/mol. The third-order valence-electron chi connectivity index (χ3n) is 5.49. The normalized spacial score (nSPS) is 14.6. The maximum absolute atomic E-state index is 12.2. The van der Waals surface area contributed by atoms with Crippen LogP contribution >= 0.6 is 0 Å². The summed E-state index contributed by atoms with van der Waals surface area (Å²) in [5.74, 6) is -3.41. The molecule has 2 amide bonds. The van der Waals surface area contributed by atoms with E-state index in [1.165, 1.54) is 23.9 Å². The molecule has 0 heterocycles. The number of likely N-dealkylation sites (N-methyl/N-ethyl adjacent to an activating group) is 2. The van der Waals surface area contributed by atoms with E-state index in [0.29, 0.717) is 0 Å². The highest BCUT2D eigenvalue weighted by Crippen LogP contribution is 2.10. The number of hydrogen-bond acceptors (Lipinski definition) is 12. The van der Waals surface area contributed by atoms with Gasteiger partial charge in [-0.1, -0.05) is 0 Å². The number of nitrogens with one attached hydrogen (secondary N) is 2. The van der Waals surface area contributed by atoms with Crippen molar-refractivity contribution in [3.8, 4) is 0 Å². The van der Waals surface area contributed by atoms with Gasteiger partial charge in [-0.05, 0) is 0 Å². The third kappa shape index (κ3) is 15.1. The molecule has 0 aliphatic rings. The molecule has 0 spiro atoms. The molecular weight excluding hydrogens is 512 g/mol. The van der Waals surface area contributed by atoms with E-state index in [2.05, 4.69) is 10.6 Å². The van der Waals surface area contributed by atoms with Crippen molar-refractivity contribution in [3.05, 3.63) is 0 Å². The molecule has 0 aromatic carbocycles. The van der Waals surface area contributed by atoms with Crippen LogP contribution in [0.25, 0.3) is 0 Å². The Morgan fingerprint density at radius 1 is 0.684 bits per heavy atom. The van der Waals surface area contributed by atoms with E-state index < -0.39 is 74.3 Å². The zero-order valence-corrected chi connectivity index (χ0v) is 21.8. The maximum atomic E-state index is 12.2. The van der Waals surface area contributed by atoms with Gasteiger partial charge in [0.05, 0.1) is 77.0 Å². The molecule has 0 saturated heterocycles. The van der Waals surface area contributed by atoms with E-state index in [4.69, 9.17) is 19.7 Å². The lowest BCUT2D eigenvalue weighted by Crippen LogP contribution is -2.51. The van der Waals surface area contributed by atoms with Gasteiger partial charge in [0.15, 0.2) is 0 Å². The summed E-state index contributed by atoms with van der Waals surface area (Å²) in [4.78, 5) is 49.6. The minimum atomic E-state index is -1.21. The van der Waals surface area contributed by atoms with E-state index in [1.807, 2.05) is 0 Å². The Balaban J connectivity index is 4.77. The molecule has 0 saturated carbocycles. The lowest BCUT2D eigenvalue weighted by molar-refractivity contribution is -0.142. The first-order valence-corrected chi connectivity index (χ1v) is 12.1. The first-order chi connectivity index (χ1) is 18.0. The first-order valence-electron chi connectivity index (χ1n) is 12.1. The molecule has 0 radical (unpaired) electrons. The number of rotatable bonds is 23. The van der Waals surface area contributed by atoms with Crippen molar-refractivity contribution in [2.75, 3.05) is 79.9 Å². The summed E-state index contributed by atoms with van der Waals surface area (Å²) in [6.07, 6.45) is -2.77. The van der Waals surface area contributed by atoms with Gasteiger partial charge in [0.25, 0.3) is 0 Å². The van der Waals surface area contributed by atoms with Crippen molar-refractivity contribution in [1.29, 1.82) is 0 Å². The topological polar surface area (TPSA) is 239 Å². The average Bonchev–Trinajstić information content (AvgIpc) is 2.88. The van der Waals surface area contributed by atoms with Gasteiger partial charge in [-0.2, -0.15) is 0 Å². The lowest BCUT2D eigenvalue weighted by atomic mass is 10.1. The number of carbonyl (C=O) groups is 4. The molecular formula is C22H42N4O12. The zero-order chi connectivity index (χ0) is 29.1. The molecule has 38 heavy (non-hydrogen) atoms. The van der Waals surface area contributed by atoms with Crippen LogP contribution in [-0.4, -0.2) is 168 Å². The van der Waals surface area contributed by atoms with Crippen LogP contribution in [0.4, 0.5) is 0 Å². The van der Waals surface area contributed by atoms with Gasteiger partial charge in [-0.15, -0.1) is 0 Å². The summed E-state index contributed by atoms with van der Waals surface area (Å²) >= 11 is 0. The van der Waals surface area contributed by atoms with Crippen molar-refractivity contribution in [2.24, 2.45) is 0 Å². The minimum absolute atomic E-state index is 0.0300. The molecule has 222 valence electrons. The molecule has 0 aliphatic carbocycles. The number of aliphatic hydroxyl groups excluding tert-OH is 4. The predicted molar refractivity (Wildman–Crippen MR) is 131 cm³/mol. The van der Waals surface area contributed by atoms with Crippen molar-refractivity contribution in [1.82, 2.24) is 20.4 Å². The summed E-state index contributed by atoms with van der Waals surface area (Å²) < 4.78 is 10.9. The fourth-order valence-corrected chi connectivity index (χ4v) is 3.56. The molecule has 0 rings (SSSR count). The van der Waals surface area contributed by atoms with Crippen LogP contribution in [0.5, 0.6) is 0 Å². The summed E-state index contributed by atoms with van der Waals surface area (Å²) in [6, 6.07) is -2.01. The third-order valence-corrected chi connectivity index (χ3v) is 5.49. The SMILES string of the molecule is CNC(=O)C(CC(O)CO)N(CCOCCOCCN(CC(=O)O)C(CC(O)CO)C(=O)NC)CC(=O)O. The lowest BCUT2D eigenvalue weighted by Gasteiger charge is -2.30. The van der Waals surface area contributed by atoms with Gasteiger partial charge in [0.2, 0.25) is 11.8 Å². The standard InChI is InChI=1S/C22H42N4O12/c1-23-21(35)17(9-15(29)13-27)25(11-19(31)32)3-5-37-7-8-38-6-4-26(12-20(33)34)18(22(36)24-2)10-16(30)14-28/h15-18,27-30H,3-14H2,1-2H3,(H,23,35)(H,24,36)(H,31,32)(H,33,34). The molecule has 0 fully saturated rings. The highest BCUT2D eigenvalue weighted by Gasteiger charge is 2.30. The van der Waals surface area contributed by atoms with Crippen LogP contribution in [0.2, 0.25) is 0 Å². The van der Waals surface area contributed by atoms with Crippen molar-refractivity contribution in [2.45, 2.75) is 37.1 Å². The van der Waals surface area contributed by atoms with Crippen LogP contribution in [0.1, 0.15) is 12.8 Å². The molecule has 0 aliphatic heterocycles. The average molecular weight is 555 g/mol. The second-order valence-corrected chi connectivity index (χ2v) is 8.36. The van der Waals surface area contributed by atoms with Gasteiger partial charge in [0, 0.05) is 40.0 Å². The number of aliphatic hydroxyl groups is 4. The van der Waals surface area contributed by atoms with Gasteiger partial charge in [0.1, 0.15) is 0 Å². The highest BCUT2D eigenvalue weighted by atomic mass is 16.5. The van der Waals surface area contributed by atoms with Gasteiger partial charge in [-0.25, -0.2) is 0 Å². The zero-order valence-electron chi connectivity index (χ0n) is 21.8. The smallest absolute Gasteiger partial charge is 0.317 e. The number of nitrogens with zero attached hydrogens (tertiary/aromatic N) is 2. The molecule has 8 N–H and O–H groups in total. The van der Waals surface area contributed by atoms with Crippen molar-refractivity contribution < 1.29 is 59.3 Å². The maximum Gasteiger partial charge on any atom is 0.317 e. The van der Waals surface area contributed by atoms with Gasteiger partial charge < -0.3 is 50.7 Å². The molecule has 4 atom stereocenters. The second kappa shape index (κ2) is 20.5. The number of carboxylic acid groups (broad SMARTS) is 2. The molecule has 16 heteroatoms.